The fourth-order valence-electron chi connectivity index (χ4n) is 3.23. The van der Waals surface area contributed by atoms with E-state index in [-0.39, 0.29) is 18.1 Å². The van der Waals surface area contributed by atoms with Crippen LogP contribution in [0.2, 0.25) is 15.1 Å². The highest BCUT2D eigenvalue weighted by Crippen LogP contribution is 2.38. The van der Waals surface area contributed by atoms with Crippen LogP contribution in [0.15, 0.2) is 66.7 Å². The van der Waals surface area contributed by atoms with Crippen molar-refractivity contribution in [1.29, 1.82) is 0 Å². The predicted molar refractivity (Wildman–Crippen MR) is 126 cm³/mol. The zero-order valence-electron chi connectivity index (χ0n) is 16.8. The van der Waals surface area contributed by atoms with Crippen molar-refractivity contribution in [3.8, 4) is 28.3 Å². The van der Waals surface area contributed by atoms with Crippen LogP contribution in [0.5, 0.6) is 5.88 Å². The molecule has 0 amide bonds. The average Bonchev–Trinajstić information content (AvgIpc) is 2.80. The van der Waals surface area contributed by atoms with E-state index in [1.807, 2.05) is 0 Å². The second kappa shape index (κ2) is 9.87. The van der Waals surface area contributed by atoms with Crippen LogP contribution in [-0.2, 0) is 6.61 Å². The van der Waals surface area contributed by atoms with Crippen molar-refractivity contribution in [2.24, 2.45) is 0 Å². The first-order chi connectivity index (χ1) is 15.9. The van der Waals surface area contributed by atoms with Crippen LogP contribution in [-0.4, -0.2) is 11.3 Å². The normalized spacial score (nSPS) is 10.8. The minimum atomic E-state index is -0.994. The maximum atomic E-state index is 13.5. The first-order valence-electron chi connectivity index (χ1n) is 9.64. The first kappa shape index (κ1) is 23.2. The van der Waals surface area contributed by atoms with Gasteiger partial charge >= 0.3 is 0 Å². The average molecular weight is 505 g/mol. The second-order valence-electron chi connectivity index (χ2n) is 7.06. The third-order valence-corrected chi connectivity index (χ3v) is 5.64. The van der Waals surface area contributed by atoms with E-state index in [0.717, 1.165) is 17.7 Å². The lowest BCUT2D eigenvalue weighted by molar-refractivity contribution is 0.111. The third kappa shape index (κ3) is 5.17. The van der Waals surface area contributed by atoms with Crippen molar-refractivity contribution in [2.45, 2.75) is 6.61 Å². The monoisotopic (exact) mass is 503 g/mol. The molecular formula is C25H14Cl3F2NO2. The van der Waals surface area contributed by atoms with Gasteiger partial charge in [-0.1, -0.05) is 53.0 Å². The molecule has 0 aliphatic carbocycles. The summed E-state index contributed by atoms with van der Waals surface area (Å²) in [6.07, 6.45) is 0.611. The van der Waals surface area contributed by atoms with Crippen molar-refractivity contribution < 1.29 is 18.3 Å². The van der Waals surface area contributed by atoms with E-state index in [1.54, 1.807) is 48.5 Å². The zero-order valence-corrected chi connectivity index (χ0v) is 19.1. The van der Waals surface area contributed by atoms with Crippen molar-refractivity contribution in [3.63, 3.8) is 0 Å². The van der Waals surface area contributed by atoms with Gasteiger partial charge < -0.3 is 4.74 Å². The minimum Gasteiger partial charge on any atom is -0.472 e. The Morgan fingerprint density at radius 1 is 0.818 bits per heavy atom. The van der Waals surface area contributed by atoms with Crippen LogP contribution in [0.1, 0.15) is 15.9 Å². The van der Waals surface area contributed by atoms with E-state index < -0.39 is 11.6 Å². The molecule has 8 heteroatoms. The van der Waals surface area contributed by atoms with Crippen LogP contribution >= 0.6 is 34.8 Å². The topological polar surface area (TPSA) is 39.2 Å². The standard InChI is InChI=1S/C25H14Cl3F2NO2/c26-17-4-2-15(3-5-17)20-10-16(12-32)25(33-13-14-1-8-22(29)23(30)9-14)31-24(20)19-7-6-18(27)11-21(19)28/h1-12H,13H2. The van der Waals surface area contributed by atoms with Crippen molar-refractivity contribution in [1.82, 2.24) is 4.98 Å². The summed E-state index contributed by atoms with van der Waals surface area (Å²) in [7, 11) is 0. The van der Waals surface area contributed by atoms with Gasteiger partial charge in [-0.2, -0.15) is 0 Å². The molecule has 33 heavy (non-hydrogen) atoms. The van der Waals surface area contributed by atoms with Gasteiger partial charge in [0.15, 0.2) is 17.9 Å². The number of hydrogen-bond donors (Lipinski definition) is 0. The van der Waals surface area contributed by atoms with Gasteiger partial charge in [0.2, 0.25) is 5.88 Å². The van der Waals surface area contributed by atoms with Crippen molar-refractivity contribution in [3.05, 3.63) is 105 Å². The highest BCUT2D eigenvalue weighted by atomic mass is 35.5. The number of ether oxygens (including phenoxy) is 1. The van der Waals surface area contributed by atoms with Gasteiger partial charge in [0, 0.05) is 21.2 Å². The summed E-state index contributed by atoms with van der Waals surface area (Å²) < 4.78 is 32.5. The highest BCUT2D eigenvalue weighted by Gasteiger charge is 2.18. The smallest absolute Gasteiger partial charge is 0.225 e. The van der Waals surface area contributed by atoms with Gasteiger partial charge in [0.1, 0.15) is 6.61 Å². The van der Waals surface area contributed by atoms with Gasteiger partial charge in [-0.05, 0) is 59.7 Å². The third-order valence-electron chi connectivity index (χ3n) is 4.84. The number of nitrogens with zero attached hydrogens (tertiary/aromatic N) is 1. The van der Waals surface area contributed by atoms with E-state index in [0.29, 0.717) is 43.7 Å². The molecule has 1 aromatic heterocycles. The number of carbonyl (C=O) groups excluding carboxylic acids is 1. The Bertz CT molecular complexity index is 1340. The van der Waals surface area contributed by atoms with E-state index in [2.05, 4.69) is 4.98 Å². The Kier molecular flexibility index (Phi) is 6.94. The van der Waals surface area contributed by atoms with Gasteiger partial charge in [-0.25, -0.2) is 13.8 Å². The lowest BCUT2D eigenvalue weighted by atomic mass is 9.97. The molecule has 0 N–H and O–H groups in total. The lowest BCUT2D eigenvalue weighted by Crippen LogP contribution is -2.04. The summed E-state index contributed by atoms with van der Waals surface area (Å²) in [5.74, 6) is -1.93. The van der Waals surface area contributed by atoms with Crippen LogP contribution in [0.4, 0.5) is 8.78 Å². The second-order valence-corrected chi connectivity index (χ2v) is 8.35. The maximum absolute atomic E-state index is 13.5. The SMILES string of the molecule is O=Cc1cc(-c2ccc(Cl)cc2)c(-c2ccc(Cl)cc2Cl)nc1OCc1ccc(F)c(F)c1. The molecule has 0 saturated heterocycles. The summed E-state index contributed by atoms with van der Waals surface area (Å²) in [5, 5.41) is 1.37. The number of halogens is 5. The zero-order chi connectivity index (χ0) is 23.5. The summed E-state index contributed by atoms with van der Waals surface area (Å²) in [6.45, 7) is -0.126. The largest absolute Gasteiger partial charge is 0.472 e. The van der Waals surface area contributed by atoms with Gasteiger partial charge in [-0.15, -0.1) is 0 Å². The number of hydrogen-bond acceptors (Lipinski definition) is 3. The predicted octanol–water partition coefficient (Wildman–Crippen LogP) is 8.05. The molecule has 0 fully saturated rings. The van der Waals surface area contributed by atoms with Gasteiger partial charge in [0.25, 0.3) is 0 Å². The van der Waals surface area contributed by atoms with Crippen LogP contribution in [0.25, 0.3) is 22.4 Å². The maximum Gasteiger partial charge on any atom is 0.225 e. The van der Waals surface area contributed by atoms with Crippen LogP contribution < -0.4 is 4.74 Å². The first-order valence-corrected chi connectivity index (χ1v) is 10.8. The number of aldehydes is 1. The van der Waals surface area contributed by atoms with Gasteiger partial charge in [0.05, 0.1) is 16.3 Å². The van der Waals surface area contributed by atoms with Crippen LogP contribution in [0.3, 0.4) is 0 Å². The van der Waals surface area contributed by atoms with E-state index >= 15 is 0 Å². The molecular weight excluding hydrogens is 491 g/mol. The molecule has 0 spiro atoms. The van der Waals surface area contributed by atoms with E-state index in [1.165, 1.54) is 6.07 Å². The highest BCUT2D eigenvalue weighted by molar-refractivity contribution is 6.36. The van der Waals surface area contributed by atoms with Crippen LogP contribution in [0, 0.1) is 11.6 Å². The van der Waals surface area contributed by atoms with Crippen molar-refractivity contribution >= 4 is 41.1 Å². The van der Waals surface area contributed by atoms with E-state index in [9.17, 15) is 13.6 Å². The Balaban J connectivity index is 1.82. The molecule has 166 valence electrons. The molecule has 0 aliphatic rings. The molecule has 0 radical (unpaired) electrons. The van der Waals surface area contributed by atoms with E-state index in [4.69, 9.17) is 39.5 Å². The molecule has 0 saturated carbocycles. The minimum absolute atomic E-state index is 0.0217. The van der Waals surface area contributed by atoms with Crippen molar-refractivity contribution in [2.75, 3.05) is 0 Å². The number of pyridine rings is 1. The molecule has 1 heterocycles. The fourth-order valence-corrected chi connectivity index (χ4v) is 3.85. The molecule has 0 bridgehead atoms. The fraction of sp³-hybridized carbons (Fsp3) is 0.0400. The summed E-state index contributed by atoms with van der Waals surface area (Å²) in [6, 6.07) is 17.0. The molecule has 3 aromatic carbocycles. The number of aromatic nitrogens is 1. The number of rotatable bonds is 6. The quantitative estimate of drug-likeness (QED) is 0.249. The summed E-state index contributed by atoms with van der Waals surface area (Å²) in [5.41, 5.74) is 2.95. The van der Waals surface area contributed by atoms with Gasteiger partial charge in [-0.3, -0.25) is 4.79 Å². The lowest BCUT2D eigenvalue weighted by Gasteiger charge is -2.15. The Hall–Kier alpha value is -2.99. The molecule has 3 nitrogen and oxygen atoms in total. The molecule has 0 atom stereocenters. The number of carbonyl (C=O) groups is 1. The summed E-state index contributed by atoms with van der Waals surface area (Å²) in [4.78, 5) is 16.4. The Morgan fingerprint density at radius 3 is 2.21 bits per heavy atom. The number of benzene rings is 3. The Labute approximate surface area is 203 Å². The molecule has 0 unspecified atom stereocenters. The molecule has 4 rings (SSSR count). The molecule has 0 aliphatic heterocycles. The molecule has 4 aromatic rings. The Morgan fingerprint density at radius 2 is 1.55 bits per heavy atom. The summed E-state index contributed by atoms with van der Waals surface area (Å²) >= 11 is 18.5.